The van der Waals surface area contributed by atoms with E-state index in [0.29, 0.717) is 16.4 Å². The van der Waals surface area contributed by atoms with Crippen LogP contribution in [0.15, 0.2) is 36.5 Å². The highest BCUT2D eigenvalue weighted by atomic mass is 35.5. The third-order valence-electron chi connectivity index (χ3n) is 2.68. The van der Waals surface area contributed by atoms with Gasteiger partial charge in [0.05, 0.1) is 5.02 Å². The van der Waals surface area contributed by atoms with Gasteiger partial charge in [-0.25, -0.2) is 4.98 Å². The quantitative estimate of drug-likeness (QED) is 0.832. The van der Waals surface area contributed by atoms with Gasteiger partial charge >= 0.3 is 0 Å². The van der Waals surface area contributed by atoms with Crippen LogP contribution in [0.4, 0.5) is 5.82 Å². The van der Waals surface area contributed by atoms with E-state index in [0.717, 1.165) is 11.1 Å². The zero-order chi connectivity index (χ0) is 15.4. The summed E-state index contributed by atoms with van der Waals surface area (Å²) in [5.74, 6) is 0.262. The lowest BCUT2D eigenvalue weighted by molar-refractivity contribution is 0.0977. The number of aryl methyl sites for hydroxylation is 2. The molecule has 0 aliphatic carbocycles. The number of rotatable bonds is 2. The van der Waals surface area contributed by atoms with E-state index >= 15 is 0 Å². The number of carbonyl (C=O) groups is 1. The van der Waals surface area contributed by atoms with Crippen LogP contribution in [0, 0.1) is 13.8 Å². The number of amides is 1. The topological polar surface area (TPSA) is 54.0 Å². The third-order valence-corrected chi connectivity index (χ3v) is 3.11. The summed E-state index contributed by atoms with van der Waals surface area (Å²) in [5, 5.41) is 6.17. The molecule has 0 saturated carbocycles. The molecule has 1 aromatic heterocycles. The number of benzene rings is 1. The number of hydrogen-bond donors (Lipinski definition) is 2. The molecule has 0 bridgehead atoms. The number of anilines is 1. The Morgan fingerprint density at radius 3 is 2.43 bits per heavy atom. The second-order valence-corrected chi connectivity index (χ2v) is 5.49. The molecule has 0 aliphatic rings. The van der Waals surface area contributed by atoms with Crippen molar-refractivity contribution in [2.45, 2.75) is 13.8 Å². The standard InChI is InChI=1S/C15H14ClN3OS/c1-9-5-10(2)7-11(6-9)14(20)19-15(21)18-13-4-3-12(16)8-17-13/h3-8H,1-2H3,(H2,17,18,19,20,21). The Kier molecular flexibility index (Phi) is 4.88. The number of hydrogen-bond acceptors (Lipinski definition) is 3. The molecule has 21 heavy (non-hydrogen) atoms. The van der Waals surface area contributed by atoms with Crippen molar-refractivity contribution < 1.29 is 4.79 Å². The maximum absolute atomic E-state index is 12.1. The van der Waals surface area contributed by atoms with Crippen LogP contribution in [-0.2, 0) is 0 Å². The van der Waals surface area contributed by atoms with E-state index < -0.39 is 0 Å². The van der Waals surface area contributed by atoms with Crippen LogP contribution in [0.5, 0.6) is 0 Å². The minimum absolute atomic E-state index is 0.189. The number of aromatic nitrogens is 1. The molecule has 0 spiro atoms. The van der Waals surface area contributed by atoms with E-state index in [9.17, 15) is 4.79 Å². The van der Waals surface area contributed by atoms with Gasteiger partial charge in [0, 0.05) is 11.8 Å². The number of halogens is 1. The summed E-state index contributed by atoms with van der Waals surface area (Å²) < 4.78 is 0. The first kappa shape index (κ1) is 15.4. The first-order valence-corrected chi connectivity index (χ1v) is 7.05. The van der Waals surface area contributed by atoms with Gasteiger partial charge in [-0.2, -0.15) is 0 Å². The Balaban J connectivity index is 2.01. The Hall–Kier alpha value is -1.98. The van der Waals surface area contributed by atoms with Gasteiger partial charge in [0.2, 0.25) is 0 Å². The minimum Gasteiger partial charge on any atom is -0.317 e. The van der Waals surface area contributed by atoms with Crippen LogP contribution >= 0.6 is 23.8 Å². The van der Waals surface area contributed by atoms with Crippen molar-refractivity contribution >= 4 is 40.7 Å². The van der Waals surface area contributed by atoms with E-state index in [2.05, 4.69) is 15.6 Å². The van der Waals surface area contributed by atoms with Gasteiger partial charge in [-0.1, -0.05) is 28.8 Å². The van der Waals surface area contributed by atoms with Crippen LogP contribution < -0.4 is 10.6 Å². The molecule has 0 saturated heterocycles. The SMILES string of the molecule is Cc1cc(C)cc(C(=O)NC(=S)Nc2ccc(Cl)cn2)c1. The summed E-state index contributed by atoms with van der Waals surface area (Å²) in [6, 6.07) is 8.99. The molecular weight excluding hydrogens is 306 g/mol. The van der Waals surface area contributed by atoms with E-state index in [1.807, 2.05) is 32.0 Å². The molecule has 2 rings (SSSR count). The molecule has 1 heterocycles. The molecule has 1 aromatic carbocycles. The van der Waals surface area contributed by atoms with Gasteiger partial charge in [0.1, 0.15) is 5.82 Å². The van der Waals surface area contributed by atoms with E-state index in [-0.39, 0.29) is 11.0 Å². The monoisotopic (exact) mass is 319 g/mol. The molecule has 0 unspecified atom stereocenters. The number of pyridine rings is 1. The molecule has 2 aromatic rings. The fourth-order valence-electron chi connectivity index (χ4n) is 1.88. The lowest BCUT2D eigenvalue weighted by atomic mass is 10.1. The first-order chi connectivity index (χ1) is 9.94. The van der Waals surface area contributed by atoms with Crippen LogP contribution in [0.2, 0.25) is 5.02 Å². The summed E-state index contributed by atoms with van der Waals surface area (Å²) >= 11 is 10.8. The average Bonchev–Trinajstić information content (AvgIpc) is 2.40. The lowest BCUT2D eigenvalue weighted by Gasteiger charge is -2.10. The number of carbonyl (C=O) groups excluding carboxylic acids is 1. The van der Waals surface area contributed by atoms with Gasteiger partial charge in [0.15, 0.2) is 5.11 Å². The highest BCUT2D eigenvalue weighted by molar-refractivity contribution is 7.80. The summed E-state index contributed by atoms with van der Waals surface area (Å²) in [6.07, 6.45) is 1.50. The fourth-order valence-corrected chi connectivity index (χ4v) is 2.19. The first-order valence-electron chi connectivity index (χ1n) is 6.26. The molecule has 4 nitrogen and oxygen atoms in total. The third kappa shape index (κ3) is 4.51. The van der Waals surface area contributed by atoms with Crippen molar-refractivity contribution in [1.29, 1.82) is 0 Å². The van der Waals surface area contributed by atoms with E-state index in [1.54, 1.807) is 12.1 Å². The van der Waals surface area contributed by atoms with Crippen molar-refractivity contribution in [2.75, 3.05) is 5.32 Å². The average molecular weight is 320 g/mol. The summed E-state index contributed by atoms with van der Waals surface area (Å²) in [4.78, 5) is 16.2. The molecule has 108 valence electrons. The minimum atomic E-state index is -0.256. The second kappa shape index (κ2) is 6.65. The second-order valence-electron chi connectivity index (χ2n) is 4.65. The van der Waals surface area contributed by atoms with Crippen LogP contribution in [0.3, 0.4) is 0 Å². The van der Waals surface area contributed by atoms with Gasteiger partial charge in [-0.3, -0.25) is 10.1 Å². The molecule has 0 aliphatic heterocycles. The summed E-state index contributed by atoms with van der Waals surface area (Å²) in [5.41, 5.74) is 2.62. The van der Waals surface area contributed by atoms with Crippen LogP contribution in [0.1, 0.15) is 21.5 Å². The Morgan fingerprint density at radius 2 is 1.86 bits per heavy atom. The van der Waals surface area contributed by atoms with Gasteiger partial charge in [0.25, 0.3) is 5.91 Å². The van der Waals surface area contributed by atoms with E-state index in [4.69, 9.17) is 23.8 Å². The summed E-state index contributed by atoms with van der Waals surface area (Å²) in [6.45, 7) is 3.88. The molecule has 0 radical (unpaired) electrons. The Morgan fingerprint density at radius 1 is 1.19 bits per heavy atom. The molecule has 6 heteroatoms. The van der Waals surface area contributed by atoms with Crippen molar-refractivity contribution in [1.82, 2.24) is 10.3 Å². The molecule has 0 atom stereocenters. The largest absolute Gasteiger partial charge is 0.317 e. The zero-order valence-corrected chi connectivity index (χ0v) is 13.2. The lowest BCUT2D eigenvalue weighted by Crippen LogP contribution is -2.34. The van der Waals surface area contributed by atoms with Gasteiger partial charge < -0.3 is 5.32 Å². The zero-order valence-electron chi connectivity index (χ0n) is 11.6. The highest BCUT2D eigenvalue weighted by Crippen LogP contribution is 2.10. The maximum atomic E-state index is 12.1. The van der Waals surface area contributed by atoms with Crippen molar-refractivity contribution in [3.05, 3.63) is 58.2 Å². The number of nitrogens with zero attached hydrogens (tertiary/aromatic N) is 1. The Bertz CT molecular complexity index is 666. The highest BCUT2D eigenvalue weighted by Gasteiger charge is 2.09. The number of nitrogens with one attached hydrogen (secondary N) is 2. The van der Waals surface area contributed by atoms with Crippen LogP contribution in [0.25, 0.3) is 0 Å². The molecule has 2 N–H and O–H groups in total. The smallest absolute Gasteiger partial charge is 0.257 e. The van der Waals surface area contributed by atoms with Crippen LogP contribution in [-0.4, -0.2) is 16.0 Å². The number of thiocarbonyl (C=S) groups is 1. The molecule has 0 fully saturated rings. The van der Waals surface area contributed by atoms with Crippen molar-refractivity contribution in [3.63, 3.8) is 0 Å². The predicted molar refractivity (Wildman–Crippen MR) is 88.8 cm³/mol. The van der Waals surface area contributed by atoms with Crippen molar-refractivity contribution in [3.8, 4) is 0 Å². The van der Waals surface area contributed by atoms with Crippen molar-refractivity contribution in [2.24, 2.45) is 0 Å². The molecule has 1 amide bonds. The fraction of sp³-hybridized carbons (Fsp3) is 0.133. The summed E-state index contributed by atoms with van der Waals surface area (Å²) in [7, 11) is 0. The van der Waals surface area contributed by atoms with E-state index in [1.165, 1.54) is 6.20 Å². The van der Waals surface area contributed by atoms with Gasteiger partial charge in [-0.05, 0) is 50.3 Å². The predicted octanol–water partition coefficient (Wildman–Crippen LogP) is 3.48. The van der Waals surface area contributed by atoms with Gasteiger partial charge in [-0.15, -0.1) is 0 Å². The maximum Gasteiger partial charge on any atom is 0.257 e. The normalized spacial score (nSPS) is 10.0. The molecular formula is C15H14ClN3OS. The Labute approximate surface area is 133 Å².